The van der Waals surface area contributed by atoms with Crippen LogP contribution in [0.3, 0.4) is 0 Å². The van der Waals surface area contributed by atoms with E-state index in [4.69, 9.17) is 0 Å². The highest BCUT2D eigenvalue weighted by atomic mass is 32.2. The number of carbonyl (C=O) groups is 1. The Kier molecular flexibility index (Phi) is 5.20. The van der Waals surface area contributed by atoms with Crippen molar-refractivity contribution >= 4 is 17.7 Å². The molecule has 1 atom stereocenters. The van der Waals surface area contributed by atoms with Crippen molar-refractivity contribution in [1.82, 2.24) is 24.6 Å². The van der Waals surface area contributed by atoms with Crippen LogP contribution < -0.4 is 0 Å². The maximum absolute atomic E-state index is 13.2. The molecule has 7 heteroatoms. The minimum atomic E-state index is -0.322. The Morgan fingerprint density at radius 2 is 1.74 bits per heavy atom. The van der Waals surface area contributed by atoms with E-state index in [0.29, 0.717) is 0 Å². The maximum atomic E-state index is 13.2. The smallest absolute Gasteiger partial charge is 0.240 e. The Morgan fingerprint density at radius 3 is 2.44 bits per heavy atom. The highest BCUT2D eigenvalue weighted by molar-refractivity contribution is 8.00. The van der Waals surface area contributed by atoms with Crippen molar-refractivity contribution in [1.29, 1.82) is 0 Å². The number of aromatic nitrogens is 4. The Balaban J connectivity index is 1.64. The van der Waals surface area contributed by atoms with Crippen molar-refractivity contribution in [2.45, 2.75) is 23.2 Å². The number of benzene rings is 1. The third-order valence-corrected chi connectivity index (χ3v) is 6.02. The van der Waals surface area contributed by atoms with Crippen LogP contribution in [0.15, 0.2) is 60.0 Å². The zero-order valence-electron chi connectivity index (χ0n) is 15.2. The van der Waals surface area contributed by atoms with Crippen molar-refractivity contribution < 1.29 is 4.79 Å². The number of likely N-dealkylation sites (tertiary alicyclic amines) is 1. The lowest BCUT2D eigenvalue weighted by atomic mass is 10.1. The van der Waals surface area contributed by atoms with Gasteiger partial charge in [0.05, 0.1) is 0 Å². The Labute approximate surface area is 162 Å². The van der Waals surface area contributed by atoms with Gasteiger partial charge < -0.3 is 9.47 Å². The van der Waals surface area contributed by atoms with Crippen LogP contribution >= 0.6 is 11.8 Å². The van der Waals surface area contributed by atoms with Gasteiger partial charge in [0, 0.05) is 38.1 Å². The van der Waals surface area contributed by atoms with Crippen LogP contribution in [0.25, 0.3) is 11.4 Å². The zero-order valence-corrected chi connectivity index (χ0v) is 16.0. The van der Waals surface area contributed by atoms with E-state index in [-0.39, 0.29) is 11.2 Å². The van der Waals surface area contributed by atoms with Gasteiger partial charge in [-0.25, -0.2) is 0 Å². The third-order valence-electron chi connectivity index (χ3n) is 4.74. The molecule has 1 aromatic carbocycles. The van der Waals surface area contributed by atoms with E-state index in [2.05, 4.69) is 15.2 Å². The van der Waals surface area contributed by atoms with E-state index < -0.39 is 0 Å². The summed E-state index contributed by atoms with van der Waals surface area (Å²) in [6, 6.07) is 13.7. The molecule has 0 radical (unpaired) electrons. The van der Waals surface area contributed by atoms with Gasteiger partial charge >= 0.3 is 0 Å². The third kappa shape index (κ3) is 3.73. The fraction of sp³-hybridized carbons (Fsp3) is 0.300. The average molecular weight is 379 g/mol. The number of thioether (sulfide) groups is 1. The fourth-order valence-electron chi connectivity index (χ4n) is 3.27. The number of nitrogens with zero attached hydrogens (tertiary/aromatic N) is 5. The first-order valence-electron chi connectivity index (χ1n) is 9.04. The standard InChI is InChI=1S/C20H21N5OS/c1-24-18(16-9-11-21-12-10-16)22-23-20(24)27-17(15-7-3-2-4-8-15)19(26)25-13-5-6-14-25/h2-4,7-12,17H,5-6,13-14H2,1H3. The second-order valence-electron chi connectivity index (χ2n) is 6.54. The van der Waals surface area contributed by atoms with Gasteiger partial charge in [0.1, 0.15) is 5.25 Å². The number of pyridine rings is 1. The van der Waals surface area contributed by atoms with E-state index in [1.165, 1.54) is 11.8 Å². The molecule has 138 valence electrons. The second-order valence-corrected chi connectivity index (χ2v) is 7.61. The molecule has 1 fully saturated rings. The summed E-state index contributed by atoms with van der Waals surface area (Å²) in [6.07, 6.45) is 5.63. The Morgan fingerprint density at radius 1 is 1.04 bits per heavy atom. The quantitative estimate of drug-likeness (QED) is 0.636. The summed E-state index contributed by atoms with van der Waals surface area (Å²) in [5.74, 6) is 0.914. The van der Waals surface area contributed by atoms with E-state index in [9.17, 15) is 4.79 Å². The number of rotatable bonds is 5. The number of hydrogen-bond acceptors (Lipinski definition) is 5. The Bertz CT molecular complexity index is 907. The summed E-state index contributed by atoms with van der Waals surface area (Å²) in [7, 11) is 1.93. The molecule has 1 unspecified atom stereocenters. The summed E-state index contributed by atoms with van der Waals surface area (Å²) in [6.45, 7) is 1.67. The summed E-state index contributed by atoms with van der Waals surface area (Å²) in [5, 5.41) is 9.08. The molecule has 3 heterocycles. The first kappa shape index (κ1) is 17.7. The highest BCUT2D eigenvalue weighted by Gasteiger charge is 2.30. The molecular formula is C20H21N5OS. The summed E-state index contributed by atoms with van der Waals surface area (Å²) in [4.78, 5) is 19.2. The van der Waals surface area contributed by atoms with Crippen molar-refractivity contribution in [2.75, 3.05) is 13.1 Å². The number of carbonyl (C=O) groups excluding carboxylic acids is 1. The molecule has 27 heavy (non-hydrogen) atoms. The van der Waals surface area contributed by atoms with E-state index >= 15 is 0 Å². The van der Waals surface area contributed by atoms with Crippen LogP contribution in [0.2, 0.25) is 0 Å². The monoisotopic (exact) mass is 379 g/mol. The van der Waals surface area contributed by atoms with Crippen LogP contribution in [0.1, 0.15) is 23.7 Å². The van der Waals surface area contributed by atoms with Gasteiger partial charge in [-0.15, -0.1) is 10.2 Å². The van der Waals surface area contributed by atoms with Crippen molar-refractivity contribution in [3.8, 4) is 11.4 Å². The average Bonchev–Trinajstić information content (AvgIpc) is 3.37. The van der Waals surface area contributed by atoms with Crippen LogP contribution in [0.4, 0.5) is 0 Å². The molecule has 0 bridgehead atoms. The zero-order chi connectivity index (χ0) is 18.6. The fourth-order valence-corrected chi connectivity index (χ4v) is 4.35. The molecule has 1 aliphatic heterocycles. The normalized spacial score (nSPS) is 15.1. The van der Waals surface area contributed by atoms with Gasteiger partial charge in [0.25, 0.3) is 0 Å². The number of amides is 1. The molecular weight excluding hydrogens is 358 g/mol. The SMILES string of the molecule is Cn1c(SC(C(=O)N2CCCC2)c2ccccc2)nnc1-c1ccncc1. The predicted octanol–water partition coefficient (Wildman–Crippen LogP) is 3.33. The van der Waals surface area contributed by atoms with Gasteiger partial charge in [-0.3, -0.25) is 9.78 Å². The summed E-state index contributed by atoms with van der Waals surface area (Å²) >= 11 is 1.46. The first-order valence-corrected chi connectivity index (χ1v) is 9.92. The van der Waals surface area contributed by atoms with Gasteiger partial charge in [-0.2, -0.15) is 0 Å². The minimum Gasteiger partial charge on any atom is -0.341 e. The van der Waals surface area contributed by atoms with Crippen LogP contribution in [0, 0.1) is 0 Å². The summed E-state index contributed by atoms with van der Waals surface area (Å²) < 4.78 is 1.94. The lowest BCUT2D eigenvalue weighted by molar-refractivity contribution is -0.129. The van der Waals surface area contributed by atoms with Crippen molar-refractivity contribution in [3.05, 3.63) is 60.4 Å². The molecule has 0 N–H and O–H groups in total. The molecule has 2 aromatic heterocycles. The van der Waals surface area contributed by atoms with Crippen LogP contribution in [-0.2, 0) is 11.8 Å². The molecule has 0 saturated carbocycles. The van der Waals surface area contributed by atoms with E-state index in [0.717, 1.165) is 48.0 Å². The Hall–Kier alpha value is -2.67. The molecule has 1 saturated heterocycles. The van der Waals surface area contributed by atoms with Crippen LogP contribution in [0.5, 0.6) is 0 Å². The summed E-state index contributed by atoms with van der Waals surface area (Å²) in [5.41, 5.74) is 1.95. The molecule has 0 aliphatic carbocycles. The predicted molar refractivity (Wildman–Crippen MR) is 105 cm³/mol. The van der Waals surface area contributed by atoms with Gasteiger partial charge in [0.15, 0.2) is 11.0 Å². The largest absolute Gasteiger partial charge is 0.341 e. The van der Waals surface area contributed by atoms with Gasteiger partial charge in [0.2, 0.25) is 5.91 Å². The maximum Gasteiger partial charge on any atom is 0.240 e. The topological polar surface area (TPSA) is 63.9 Å². The molecule has 1 aliphatic rings. The first-order chi connectivity index (χ1) is 13.2. The molecule has 0 spiro atoms. The lowest BCUT2D eigenvalue weighted by Crippen LogP contribution is -2.31. The van der Waals surface area contributed by atoms with Crippen LogP contribution in [-0.4, -0.2) is 43.6 Å². The van der Waals surface area contributed by atoms with E-state index in [1.54, 1.807) is 12.4 Å². The number of hydrogen-bond donors (Lipinski definition) is 0. The lowest BCUT2D eigenvalue weighted by Gasteiger charge is -2.22. The van der Waals surface area contributed by atoms with Crippen molar-refractivity contribution in [3.63, 3.8) is 0 Å². The minimum absolute atomic E-state index is 0.150. The van der Waals surface area contributed by atoms with Gasteiger partial charge in [-0.1, -0.05) is 42.1 Å². The molecule has 4 rings (SSSR count). The molecule has 1 amide bonds. The second kappa shape index (κ2) is 7.92. The van der Waals surface area contributed by atoms with Crippen molar-refractivity contribution in [2.24, 2.45) is 7.05 Å². The van der Waals surface area contributed by atoms with E-state index in [1.807, 2.05) is 59.0 Å². The van der Waals surface area contributed by atoms with Gasteiger partial charge in [-0.05, 0) is 30.5 Å². The highest BCUT2D eigenvalue weighted by Crippen LogP contribution is 2.37. The molecule has 3 aromatic rings. The molecule has 6 nitrogen and oxygen atoms in total.